The molecule has 1 atom stereocenters. The van der Waals surface area contributed by atoms with Crippen molar-refractivity contribution >= 4 is 0 Å². The van der Waals surface area contributed by atoms with E-state index in [0.29, 0.717) is 19.2 Å². The van der Waals surface area contributed by atoms with Crippen LogP contribution < -0.4 is 10.5 Å². The average Bonchev–Trinajstić information content (AvgIpc) is 2.46. The molecule has 1 saturated heterocycles. The molecule has 1 heterocycles. The Labute approximate surface area is 115 Å². The maximum Gasteiger partial charge on any atom is 0.119 e. The van der Waals surface area contributed by atoms with Gasteiger partial charge in [-0.3, -0.25) is 4.90 Å². The Bertz CT molecular complexity index is 378. The van der Waals surface area contributed by atoms with Crippen LogP contribution in [0.2, 0.25) is 0 Å². The van der Waals surface area contributed by atoms with Crippen molar-refractivity contribution in [2.75, 3.05) is 26.3 Å². The van der Waals surface area contributed by atoms with E-state index in [9.17, 15) is 0 Å². The molecule has 2 N–H and O–H groups in total. The molecule has 0 saturated carbocycles. The van der Waals surface area contributed by atoms with E-state index in [2.05, 4.69) is 18.7 Å². The molecular formula is C15H24N2O2. The standard InChI is InChI=1S/C15H24N2O2/c1-12(2)17-7-8-18-15(10-17)11-19-14-5-3-13(9-16)4-6-14/h3-6,12,15H,7-11,16H2,1-2H3. The van der Waals surface area contributed by atoms with Gasteiger partial charge in [-0.1, -0.05) is 12.1 Å². The van der Waals surface area contributed by atoms with Crippen molar-refractivity contribution in [1.82, 2.24) is 4.90 Å². The Morgan fingerprint density at radius 3 is 2.74 bits per heavy atom. The fourth-order valence-electron chi connectivity index (χ4n) is 2.22. The molecule has 4 nitrogen and oxygen atoms in total. The highest BCUT2D eigenvalue weighted by molar-refractivity contribution is 5.27. The lowest BCUT2D eigenvalue weighted by molar-refractivity contribution is -0.0564. The van der Waals surface area contributed by atoms with Crippen LogP contribution in [0.3, 0.4) is 0 Å². The summed E-state index contributed by atoms with van der Waals surface area (Å²) < 4.78 is 11.5. The summed E-state index contributed by atoms with van der Waals surface area (Å²) in [5.74, 6) is 0.877. The van der Waals surface area contributed by atoms with Gasteiger partial charge in [0.15, 0.2) is 0 Å². The van der Waals surface area contributed by atoms with Crippen LogP contribution in [0, 0.1) is 0 Å². The molecule has 0 aromatic heterocycles. The number of nitrogens with two attached hydrogens (primary N) is 1. The van der Waals surface area contributed by atoms with Crippen LogP contribution in [0.5, 0.6) is 5.75 Å². The molecular weight excluding hydrogens is 240 g/mol. The molecule has 0 spiro atoms. The van der Waals surface area contributed by atoms with Crippen LogP contribution >= 0.6 is 0 Å². The number of morpholine rings is 1. The van der Waals surface area contributed by atoms with E-state index in [4.69, 9.17) is 15.2 Å². The van der Waals surface area contributed by atoms with E-state index in [1.807, 2.05) is 24.3 Å². The van der Waals surface area contributed by atoms with Gasteiger partial charge in [0.05, 0.1) is 6.61 Å². The summed E-state index contributed by atoms with van der Waals surface area (Å²) in [6.45, 7) is 8.35. The largest absolute Gasteiger partial charge is 0.491 e. The van der Waals surface area contributed by atoms with E-state index in [-0.39, 0.29) is 6.10 Å². The van der Waals surface area contributed by atoms with Crippen LogP contribution in [-0.4, -0.2) is 43.3 Å². The lowest BCUT2D eigenvalue weighted by atomic mass is 10.2. The zero-order valence-corrected chi connectivity index (χ0v) is 11.8. The SMILES string of the molecule is CC(C)N1CCOC(COc2ccc(CN)cc2)C1. The van der Waals surface area contributed by atoms with E-state index >= 15 is 0 Å². The highest BCUT2D eigenvalue weighted by atomic mass is 16.5. The molecule has 0 aliphatic carbocycles. The van der Waals surface area contributed by atoms with E-state index < -0.39 is 0 Å². The van der Waals surface area contributed by atoms with E-state index in [1.165, 1.54) is 0 Å². The quantitative estimate of drug-likeness (QED) is 0.878. The highest BCUT2D eigenvalue weighted by Crippen LogP contribution is 2.14. The van der Waals surface area contributed by atoms with Crippen LogP contribution in [0.25, 0.3) is 0 Å². The van der Waals surface area contributed by atoms with Crippen molar-refractivity contribution in [1.29, 1.82) is 0 Å². The first-order valence-corrected chi connectivity index (χ1v) is 6.96. The van der Waals surface area contributed by atoms with Gasteiger partial charge in [0.2, 0.25) is 0 Å². The Morgan fingerprint density at radius 2 is 2.11 bits per heavy atom. The van der Waals surface area contributed by atoms with Crippen LogP contribution in [0.15, 0.2) is 24.3 Å². The second kappa shape index (κ2) is 6.89. The van der Waals surface area contributed by atoms with Gasteiger partial charge in [-0.15, -0.1) is 0 Å². The first kappa shape index (κ1) is 14.3. The fourth-order valence-corrected chi connectivity index (χ4v) is 2.22. The molecule has 106 valence electrons. The molecule has 0 bridgehead atoms. The summed E-state index contributed by atoms with van der Waals surface area (Å²) in [5, 5.41) is 0. The minimum absolute atomic E-state index is 0.158. The van der Waals surface area contributed by atoms with E-state index in [0.717, 1.165) is 31.0 Å². The lowest BCUT2D eigenvalue weighted by Crippen LogP contribution is -2.47. The molecule has 0 amide bonds. The number of ether oxygens (including phenoxy) is 2. The van der Waals surface area contributed by atoms with Crippen molar-refractivity contribution in [2.45, 2.75) is 32.5 Å². The van der Waals surface area contributed by atoms with Crippen molar-refractivity contribution in [2.24, 2.45) is 5.73 Å². The van der Waals surface area contributed by atoms with Gasteiger partial charge >= 0.3 is 0 Å². The van der Waals surface area contributed by atoms with Crippen LogP contribution in [-0.2, 0) is 11.3 Å². The van der Waals surface area contributed by atoms with Gasteiger partial charge in [0, 0.05) is 25.7 Å². The second-order valence-corrected chi connectivity index (χ2v) is 5.24. The summed E-state index contributed by atoms with van der Waals surface area (Å²) in [5.41, 5.74) is 6.69. The molecule has 1 aromatic carbocycles. The monoisotopic (exact) mass is 264 g/mol. The van der Waals surface area contributed by atoms with Gasteiger partial charge in [0.1, 0.15) is 18.5 Å². The topological polar surface area (TPSA) is 47.7 Å². The number of hydrogen-bond acceptors (Lipinski definition) is 4. The molecule has 1 fully saturated rings. The van der Waals surface area contributed by atoms with Gasteiger partial charge in [-0.05, 0) is 31.5 Å². The molecule has 0 radical (unpaired) electrons. The molecule has 4 heteroatoms. The Morgan fingerprint density at radius 1 is 1.37 bits per heavy atom. The summed E-state index contributed by atoms with van der Waals surface area (Å²) in [6.07, 6.45) is 0.158. The molecule has 1 aromatic rings. The van der Waals surface area contributed by atoms with Crippen LogP contribution in [0.1, 0.15) is 19.4 Å². The third-order valence-electron chi connectivity index (χ3n) is 3.50. The third-order valence-corrected chi connectivity index (χ3v) is 3.50. The summed E-state index contributed by atoms with van der Waals surface area (Å²) in [7, 11) is 0. The predicted molar refractivity (Wildman–Crippen MR) is 76.3 cm³/mol. The predicted octanol–water partition coefficient (Wildman–Crippen LogP) is 1.63. The Kier molecular flexibility index (Phi) is 5.19. The maximum atomic E-state index is 5.78. The molecule has 2 rings (SSSR count). The molecule has 1 aliphatic heterocycles. The van der Waals surface area contributed by atoms with Gasteiger partial charge < -0.3 is 15.2 Å². The highest BCUT2D eigenvalue weighted by Gasteiger charge is 2.22. The molecule has 1 unspecified atom stereocenters. The van der Waals surface area contributed by atoms with Crippen LogP contribution in [0.4, 0.5) is 0 Å². The van der Waals surface area contributed by atoms with Gasteiger partial charge in [-0.25, -0.2) is 0 Å². The van der Waals surface area contributed by atoms with E-state index in [1.54, 1.807) is 0 Å². The number of hydrogen-bond donors (Lipinski definition) is 1. The maximum absolute atomic E-state index is 5.78. The smallest absolute Gasteiger partial charge is 0.119 e. The minimum atomic E-state index is 0.158. The average molecular weight is 264 g/mol. The second-order valence-electron chi connectivity index (χ2n) is 5.24. The molecule has 19 heavy (non-hydrogen) atoms. The number of rotatable bonds is 5. The number of benzene rings is 1. The zero-order chi connectivity index (χ0) is 13.7. The van der Waals surface area contributed by atoms with Crippen molar-refractivity contribution in [3.63, 3.8) is 0 Å². The number of nitrogens with zero attached hydrogens (tertiary/aromatic N) is 1. The lowest BCUT2D eigenvalue weighted by Gasteiger charge is -2.35. The summed E-state index contributed by atoms with van der Waals surface area (Å²) in [6, 6.07) is 8.49. The summed E-state index contributed by atoms with van der Waals surface area (Å²) in [4.78, 5) is 2.43. The van der Waals surface area contributed by atoms with Crippen molar-refractivity contribution in [3.8, 4) is 5.75 Å². The van der Waals surface area contributed by atoms with Gasteiger partial charge in [0.25, 0.3) is 0 Å². The first-order valence-electron chi connectivity index (χ1n) is 6.96. The normalized spacial score (nSPS) is 20.7. The minimum Gasteiger partial charge on any atom is -0.491 e. The summed E-state index contributed by atoms with van der Waals surface area (Å²) >= 11 is 0. The third kappa shape index (κ3) is 4.20. The van der Waals surface area contributed by atoms with Crippen molar-refractivity contribution < 1.29 is 9.47 Å². The Balaban J connectivity index is 1.80. The first-order chi connectivity index (χ1) is 9.19. The fraction of sp³-hybridized carbons (Fsp3) is 0.600. The van der Waals surface area contributed by atoms with Crippen molar-refractivity contribution in [3.05, 3.63) is 29.8 Å². The van der Waals surface area contributed by atoms with Gasteiger partial charge in [-0.2, -0.15) is 0 Å². The zero-order valence-electron chi connectivity index (χ0n) is 11.8. The molecule has 1 aliphatic rings. The Hall–Kier alpha value is -1.10.